The Morgan fingerprint density at radius 2 is 2.14 bits per heavy atom. The van der Waals surface area contributed by atoms with Gasteiger partial charge in [-0.3, -0.25) is 9.97 Å². The molecule has 1 heterocycles. The van der Waals surface area contributed by atoms with E-state index in [1.54, 1.807) is 0 Å². The van der Waals surface area contributed by atoms with E-state index in [0.29, 0.717) is 11.5 Å². The molecule has 1 unspecified atom stereocenters. The Labute approximate surface area is 85.0 Å². The molecule has 1 N–H and O–H groups in total. The summed E-state index contributed by atoms with van der Waals surface area (Å²) in [6.07, 6.45) is 4.93. The first-order chi connectivity index (χ1) is 6.58. The van der Waals surface area contributed by atoms with Crippen LogP contribution in [0.4, 0.5) is 0 Å². The van der Waals surface area contributed by atoms with Crippen molar-refractivity contribution in [2.75, 3.05) is 0 Å². The van der Waals surface area contributed by atoms with Crippen molar-refractivity contribution in [1.82, 2.24) is 15.3 Å². The molecule has 1 aromatic heterocycles. The summed E-state index contributed by atoms with van der Waals surface area (Å²) in [5, 5.41) is 3.48. The summed E-state index contributed by atoms with van der Waals surface area (Å²) < 4.78 is 0. The molecule has 1 saturated carbocycles. The molecule has 76 valence electrons. The van der Waals surface area contributed by atoms with Crippen molar-refractivity contribution in [3.63, 3.8) is 0 Å². The van der Waals surface area contributed by atoms with Crippen LogP contribution in [0.25, 0.3) is 0 Å². The molecule has 1 atom stereocenters. The Hall–Kier alpha value is -0.960. The van der Waals surface area contributed by atoms with E-state index in [2.05, 4.69) is 29.1 Å². The number of rotatable bonds is 3. The summed E-state index contributed by atoms with van der Waals surface area (Å²) in [5.41, 5.74) is 2.48. The van der Waals surface area contributed by atoms with E-state index < -0.39 is 0 Å². The molecule has 0 spiro atoms. The third-order valence-electron chi connectivity index (χ3n) is 2.88. The quantitative estimate of drug-likeness (QED) is 0.789. The van der Waals surface area contributed by atoms with E-state index in [1.807, 2.05) is 19.3 Å². The van der Waals surface area contributed by atoms with Crippen LogP contribution in [0.2, 0.25) is 0 Å². The van der Waals surface area contributed by atoms with Crippen molar-refractivity contribution in [2.24, 2.45) is 5.41 Å². The number of hydrogen-bond donors (Lipinski definition) is 1. The number of aryl methyl sites for hydroxylation is 1. The first-order valence-electron chi connectivity index (χ1n) is 5.09. The lowest BCUT2D eigenvalue weighted by Crippen LogP contribution is -2.20. The minimum atomic E-state index is 0.484. The molecule has 0 aromatic carbocycles. The minimum absolute atomic E-state index is 0.484. The van der Waals surface area contributed by atoms with Crippen molar-refractivity contribution in [1.29, 1.82) is 0 Å². The van der Waals surface area contributed by atoms with Gasteiger partial charge in [0.2, 0.25) is 0 Å². The highest BCUT2D eigenvalue weighted by atomic mass is 15.0. The molecule has 1 aliphatic rings. The number of hydrogen-bond acceptors (Lipinski definition) is 3. The van der Waals surface area contributed by atoms with Gasteiger partial charge in [0, 0.05) is 25.0 Å². The Morgan fingerprint density at radius 3 is 2.64 bits per heavy atom. The molecule has 3 nitrogen and oxygen atoms in total. The molecule has 0 aliphatic heterocycles. The molecule has 1 fully saturated rings. The fourth-order valence-electron chi connectivity index (χ4n) is 1.55. The molecule has 1 aromatic rings. The summed E-state index contributed by atoms with van der Waals surface area (Å²) in [6.45, 7) is 7.35. The number of nitrogens with one attached hydrogen (secondary N) is 1. The van der Waals surface area contributed by atoms with Crippen molar-refractivity contribution < 1.29 is 0 Å². The van der Waals surface area contributed by atoms with E-state index in [1.165, 1.54) is 6.42 Å². The third kappa shape index (κ3) is 2.10. The second-order valence-electron chi connectivity index (χ2n) is 4.78. The van der Waals surface area contributed by atoms with Gasteiger partial charge < -0.3 is 5.32 Å². The van der Waals surface area contributed by atoms with Crippen molar-refractivity contribution in [3.8, 4) is 0 Å². The van der Waals surface area contributed by atoms with Gasteiger partial charge in [-0.05, 0) is 18.8 Å². The molecule has 1 aliphatic carbocycles. The van der Waals surface area contributed by atoms with E-state index in [9.17, 15) is 0 Å². The zero-order valence-electron chi connectivity index (χ0n) is 9.04. The van der Waals surface area contributed by atoms with Crippen LogP contribution in [0.5, 0.6) is 0 Å². The van der Waals surface area contributed by atoms with Gasteiger partial charge in [-0.2, -0.15) is 0 Å². The van der Waals surface area contributed by atoms with Gasteiger partial charge in [-0.1, -0.05) is 13.8 Å². The third-order valence-corrected chi connectivity index (χ3v) is 2.88. The predicted molar refractivity (Wildman–Crippen MR) is 55.8 cm³/mol. The van der Waals surface area contributed by atoms with Gasteiger partial charge in [0.25, 0.3) is 0 Å². The van der Waals surface area contributed by atoms with Crippen LogP contribution in [-0.4, -0.2) is 16.0 Å². The SMILES string of the molecule is Cc1cnc(CNC2CC2(C)C)cn1. The van der Waals surface area contributed by atoms with Gasteiger partial charge in [0.15, 0.2) is 0 Å². The van der Waals surface area contributed by atoms with Crippen LogP contribution < -0.4 is 5.32 Å². The van der Waals surface area contributed by atoms with Crippen molar-refractivity contribution in [3.05, 3.63) is 23.8 Å². The lowest BCUT2D eigenvalue weighted by atomic mass is 10.2. The summed E-state index contributed by atoms with van der Waals surface area (Å²) in [4.78, 5) is 8.51. The average Bonchev–Trinajstić information content (AvgIpc) is 2.73. The first-order valence-corrected chi connectivity index (χ1v) is 5.09. The fraction of sp³-hybridized carbons (Fsp3) is 0.636. The lowest BCUT2D eigenvalue weighted by molar-refractivity contribution is 0.538. The molecule has 0 radical (unpaired) electrons. The summed E-state index contributed by atoms with van der Waals surface area (Å²) in [6, 6.07) is 0.658. The molecule has 2 rings (SSSR count). The number of aromatic nitrogens is 2. The molecule has 0 bridgehead atoms. The minimum Gasteiger partial charge on any atom is -0.308 e. The van der Waals surface area contributed by atoms with Crippen LogP contribution in [-0.2, 0) is 6.54 Å². The van der Waals surface area contributed by atoms with Crippen molar-refractivity contribution in [2.45, 2.75) is 39.8 Å². The average molecular weight is 191 g/mol. The predicted octanol–water partition coefficient (Wildman–Crippen LogP) is 1.67. The van der Waals surface area contributed by atoms with Crippen molar-refractivity contribution >= 4 is 0 Å². The zero-order chi connectivity index (χ0) is 10.2. The van der Waals surface area contributed by atoms with Gasteiger partial charge >= 0.3 is 0 Å². The van der Waals surface area contributed by atoms with Crippen LogP contribution in [0.3, 0.4) is 0 Å². The van der Waals surface area contributed by atoms with E-state index in [0.717, 1.165) is 17.9 Å². The monoisotopic (exact) mass is 191 g/mol. The van der Waals surface area contributed by atoms with E-state index in [-0.39, 0.29) is 0 Å². The molecule has 0 amide bonds. The van der Waals surface area contributed by atoms with Gasteiger partial charge in [-0.25, -0.2) is 0 Å². The summed E-state index contributed by atoms with van der Waals surface area (Å²) in [5.74, 6) is 0. The Kier molecular flexibility index (Phi) is 2.27. The normalized spacial score (nSPS) is 23.5. The maximum atomic E-state index is 4.30. The highest BCUT2D eigenvalue weighted by molar-refractivity contribution is 5.05. The maximum Gasteiger partial charge on any atom is 0.0724 e. The molecule has 0 saturated heterocycles. The molecule has 14 heavy (non-hydrogen) atoms. The molecule has 3 heteroatoms. The fourth-order valence-corrected chi connectivity index (χ4v) is 1.55. The van der Waals surface area contributed by atoms with Crippen LogP contribution in [0.1, 0.15) is 31.7 Å². The van der Waals surface area contributed by atoms with Gasteiger partial charge in [0.05, 0.1) is 11.4 Å². The number of nitrogens with zero attached hydrogens (tertiary/aromatic N) is 2. The highest BCUT2D eigenvalue weighted by Gasteiger charge is 2.44. The summed E-state index contributed by atoms with van der Waals surface area (Å²) >= 11 is 0. The Bertz CT molecular complexity index is 316. The standard InChI is InChI=1S/C11H17N3/c1-8-5-13-9(6-12-8)7-14-10-4-11(10,2)3/h5-6,10,14H,4,7H2,1-3H3. The lowest BCUT2D eigenvalue weighted by Gasteiger charge is -2.05. The second kappa shape index (κ2) is 3.31. The van der Waals surface area contributed by atoms with E-state index in [4.69, 9.17) is 0 Å². The smallest absolute Gasteiger partial charge is 0.0724 e. The van der Waals surface area contributed by atoms with Gasteiger partial charge in [-0.15, -0.1) is 0 Å². The largest absolute Gasteiger partial charge is 0.308 e. The van der Waals surface area contributed by atoms with Gasteiger partial charge in [0.1, 0.15) is 0 Å². The van der Waals surface area contributed by atoms with E-state index >= 15 is 0 Å². The second-order valence-corrected chi connectivity index (χ2v) is 4.78. The maximum absolute atomic E-state index is 4.30. The Morgan fingerprint density at radius 1 is 1.43 bits per heavy atom. The highest BCUT2D eigenvalue weighted by Crippen LogP contribution is 2.44. The first kappa shape index (κ1) is 9.59. The molecular formula is C11H17N3. The van der Waals surface area contributed by atoms with Crippen LogP contribution in [0, 0.1) is 12.3 Å². The van der Waals surface area contributed by atoms with Crippen LogP contribution >= 0.6 is 0 Å². The summed E-state index contributed by atoms with van der Waals surface area (Å²) in [7, 11) is 0. The Balaban J connectivity index is 1.84. The topological polar surface area (TPSA) is 37.8 Å². The molecular weight excluding hydrogens is 174 g/mol. The zero-order valence-corrected chi connectivity index (χ0v) is 9.04. The van der Waals surface area contributed by atoms with Crippen LogP contribution in [0.15, 0.2) is 12.4 Å².